The standard InChI is InChI=1S/C22H26N2O4S/c1-17-7-5-6-10-19(17)20-15-24(29(26,27)18-8-3-2-4-9-18)16-21(20)22(25)23-11-13-28-14-12-23/h2-10,20-21H,11-16H2,1H3/t20-,21+/m0/s1. The van der Waals surface area contributed by atoms with Gasteiger partial charge in [-0.15, -0.1) is 0 Å². The average molecular weight is 415 g/mol. The zero-order valence-electron chi connectivity index (χ0n) is 16.5. The highest BCUT2D eigenvalue weighted by Gasteiger charge is 2.45. The number of nitrogens with zero attached hydrogens (tertiary/aromatic N) is 2. The highest BCUT2D eigenvalue weighted by atomic mass is 32.2. The lowest BCUT2D eigenvalue weighted by Crippen LogP contribution is -2.45. The van der Waals surface area contributed by atoms with Gasteiger partial charge in [0.15, 0.2) is 0 Å². The summed E-state index contributed by atoms with van der Waals surface area (Å²) in [7, 11) is -3.65. The molecule has 2 fully saturated rings. The van der Waals surface area contributed by atoms with Gasteiger partial charge in [0.05, 0.1) is 24.0 Å². The van der Waals surface area contributed by atoms with Crippen LogP contribution in [-0.2, 0) is 19.6 Å². The van der Waals surface area contributed by atoms with Crippen LogP contribution in [0.25, 0.3) is 0 Å². The molecule has 6 nitrogen and oxygen atoms in total. The van der Waals surface area contributed by atoms with Crippen LogP contribution in [0.5, 0.6) is 0 Å². The minimum absolute atomic E-state index is 0.0207. The van der Waals surface area contributed by atoms with Gasteiger partial charge >= 0.3 is 0 Å². The molecule has 0 unspecified atom stereocenters. The number of aryl methyl sites for hydroxylation is 1. The summed E-state index contributed by atoms with van der Waals surface area (Å²) in [6.07, 6.45) is 0. The van der Waals surface area contributed by atoms with E-state index in [1.54, 1.807) is 30.3 Å². The SMILES string of the molecule is Cc1ccccc1[C@@H]1CN(S(=O)(=O)c2ccccc2)C[C@H]1C(=O)N1CCOCC1. The maximum Gasteiger partial charge on any atom is 0.243 e. The van der Waals surface area contributed by atoms with Gasteiger partial charge in [-0.05, 0) is 30.2 Å². The topological polar surface area (TPSA) is 66.9 Å². The first kappa shape index (κ1) is 20.1. The van der Waals surface area contributed by atoms with Crippen molar-refractivity contribution < 1.29 is 17.9 Å². The lowest BCUT2D eigenvalue weighted by atomic mass is 9.85. The van der Waals surface area contributed by atoms with Crippen LogP contribution in [0, 0.1) is 12.8 Å². The average Bonchev–Trinajstić information content (AvgIpc) is 3.21. The number of morpholine rings is 1. The number of hydrogen-bond acceptors (Lipinski definition) is 4. The monoisotopic (exact) mass is 414 g/mol. The van der Waals surface area contributed by atoms with E-state index in [-0.39, 0.29) is 23.3 Å². The molecule has 2 aromatic carbocycles. The first-order chi connectivity index (χ1) is 14.0. The van der Waals surface area contributed by atoms with Crippen molar-refractivity contribution in [1.82, 2.24) is 9.21 Å². The number of hydrogen-bond donors (Lipinski definition) is 0. The first-order valence-electron chi connectivity index (χ1n) is 9.96. The molecule has 0 spiro atoms. The maximum atomic E-state index is 13.4. The molecule has 154 valence electrons. The number of carbonyl (C=O) groups is 1. The Balaban J connectivity index is 1.67. The van der Waals surface area contributed by atoms with Crippen LogP contribution < -0.4 is 0 Å². The predicted octanol–water partition coefficient (Wildman–Crippen LogP) is 2.26. The van der Waals surface area contributed by atoms with E-state index < -0.39 is 15.9 Å². The Morgan fingerprint density at radius 2 is 1.62 bits per heavy atom. The number of benzene rings is 2. The third-order valence-corrected chi connectivity index (χ3v) is 7.74. The second-order valence-corrected chi connectivity index (χ2v) is 9.58. The van der Waals surface area contributed by atoms with Crippen LogP contribution in [0.15, 0.2) is 59.5 Å². The van der Waals surface area contributed by atoms with Crippen LogP contribution in [0.3, 0.4) is 0 Å². The lowest BCUT2D eigenvalue weighted by molar-refractivity contribution is -0.139. The highest BCUT2D eigenvalue weighted by molar-refractivity contribution is 7.89. The molecule has 0 N–H and O–H groups in total. The van der Waals surface area contributed by atoms with Crippen molar-refractivity contribution >= 4 is 15.9 Å². The van der Waals surface area contributed by atoms with Gasteiger partial charge in [0.2, 0.25) is 15.9 Å². The Kier molecular flexibility index (Phi) is 5.72. The van der Waals surface area contributed by atoms with Gasteiger partial charge in [0.1, 0.15) is 0 Å². The highest BCUT2D eigenvalue weighted by Crippen LogP contribution is 2.38. The minimum Gasteiger partial charge on any atom is -0.378 e. The molecule has 7 heteroatoms. The van der Waals surface area contributed by atoms with Gasteiger partial charge in [-0.1, -0.05) is 42.5 Å². The Hall–Kier alpha value is -2.22. The van der Waals surface area contributed by atoms with Crippen LogP contribution in [0.4, 0.5) is 0 Å². The van der Waals surface area contributed by atoms with Crippen molar-refractivity contribution in [2.24, 2.45) is 5.92 Å². The van der Waals surface area contributed by atoms with Crippen LogP contribution in [0.2, 0.25) is 0 Å². The van der Waals surface area contributed by atoms with Gasteiger partial charge in [-0.2, -0.15) is 4.31 Å². The summed E-state index contributed by atoms with van der Waals surface area (Å²) < 4.78 is 33.3. The van der Waals surface area contributed by atoms with Gasteiger partial charge in [0, 0.05) is 32.1 Å². The Morgan fingerprint density at radius 1 is 0.966 bits per heavy atom. The zero-order valence-corrected chi connectivity index (χ0v) is 17.3. The van der Waals surface area contributed by atoms with Crippen LogP contribution in [0.1, 0.15) is 17.0 Å². The summed E-state index contributed by atoms with van der Waals surface area (Å²) in [6.45, 7) is 4.69. The van der Waals surface area contributed by atoms with E-state index in [4.69, 9.17) is 4.74 Å². The van der Waals surface area contributed by atoms with Gasteiger partial charge in [-0.25, -0.2) is 8.42 Å². The summed E-state index contributed by atoms with van der Waals surface area (Å²) in [5.41, 5.74) is 2.13. The largest absolute Gasteiger partial charge is 0.378 e. The molecular formula is C22H26N2O4S. The summed E-state index contributed by atoms with van der Waals surface area (Å²) >= 11 is 0. The van der Waals surface area contributed by atoms with Crippen LogP contribution >= 0.6 is 0 Å². The van der Waals surface area contributed by atoms with Gasteiger partial charge < -0.3 is 9.64 Å². The Morgan fingerprint density at radius 3 is 2.31 bits per heavy atom. The fourth-order valence-electron chi connectivity index (χ4n) is 4.29. The smallest absolute Gasteiger partial charge is 0.243 e. The molecule has 2 saturated heterocycles. The molecule has 2 aromatic rings. The molecule has 1 amide bonds. The number of amides is 1. The van der Waals surface area contributed by atoms with Crippen molar-refractivity contribution in [2.75, 3.05) is 39.4 Å². The van der Waals surface area contributed by atoms with Gasteiger partial charge in [0.25, 0.3) is 0 Å². The molecule has 4 rings (SSSR count). The third kappa shape index (κ3) is 3.95. The maximum absolute atomic E-state index is 13.4. The van der Waals surface area contributed by atoms with E-state index >= 15 is 0 Å². The Bertz CT molecular complexity index is 971. The zero-order chi connectivity index (χ0) is 20.4. The molecule has 2 heterocycles. The van der Waals surface area contributed by atoms with E-state index in [0.717, 1.165) is 11.1 Å². The fraction of sp³-hybridized carbons (Fsp3) is 0.409. The summed E-state index contributed by atoms with van der Waals surface area (Å²) in [6, 6.07) is 16.4. The lowest BCUT2D eigenvalue weighted by Gasteiger charge is -2.31. The van der Waals surface area contributed by atoms with Crippen molar-refractivity contribution in [3.63, 3.8) is 0 Å². The van der Waals surface area contributed by atoms with Crippen molar-refractivity contribution in [3.8, 4) is 0 Å². The second kappa shape index (κ2) is 8.26. The summed E-state index contributed by atoms with van der Waals surface area (Å²) in [4.78, 5) is 15.4. The minimum atomic E-state index is -3.65. The number of carbonyl (C=O) groups excluding carboxylic acids is 1. The van der Waals surface area contributed by atoms with Crippen molar-refractivity contribution in [1.29, 1.82) is 0 Å². The van der Waals surface area contributed by atoms with E-state index in [9.17, 15) is 13.2 Å². The molecule has 0 saturated carbocycles. The van der Waals surface area contributed by atoms with Crippen molar-refractivity contribution in [2.45, 2.75) is 17.7 Å². The van der Waals surface area contributed by atoms with E-state index in [1.165, 1.54) is 4.31 Å². The number of rotatable bonds is 4. The predicted molar refractivity (Wildman–Crippen MR) is 110 cm³/mol. The molecule has 2 atom stereocenters. The fourth-order valence-corrected chi connectivity index (χ4v) is 5.80. The third-order valence-electron chi connectivity index (χ3n) is 5.90. The summed E-state index contributed by atoms with van der Waals surface area (Å²) in [5.74, 6) is -0.537. The number of ether oxygens (including phenoxy) is 1. The molecule has 0 aromatic heterocycles. The molecule has 29 heavy (non-hydrogen) atoms. The Labute approximate surface area is 172 Å². The van der Waals surface area contributed by atoms with E-state index in [0.29, 0.717) is 32.8 Å². The summed E-state index contributed by atoms with van der Waals surface area (Å²) in [5, 5.41) is 0. The molecule has 2 aliphatic heterocycles. The molecule has 0 aliphatic carbocycles. The number of sulfonamides is 1. The molecule has 0 radical (unpaired) electrons. The van der Waals surface area contributed by atoms with Gasteiger partial charge in [-0.3, -0.25) is 4.79 Å². The second-order valence-electron chi connectivity index (χ2n) is 7.64. The first-order valence-corrected chi connectivity index (χ1v) is 11.4. The molecule has 0 bridgehead atoms. The molecular weight excluding hydrogens is 388 g/mol. The quantitative estimate of drug-likeness (QED) is 0.770. The molecule has 2 aliphatic rings. The van der Waals surface area contributed by atoms with E-state index in [1.807, 2.05) is 36.1 Å². The normalized spacial score (nSPS) is 23.3. The van der Waals surface area contributed by atoms with Crippen molar-refractivity contribution in [3.05, 3.63) is 65.7 Å². The van der Waals surface area contributed by atoms with Crippen LogP contribution in [-0.4, -0.2) is 62.9 Å². The van der Waals surface area contributed by atoms with E-state index in [2.05, 4.69) is 0 Å².